The Kier molecular flexibility index (Phi) is 5.21. The van der Waals surface area contributed by atoms with Crippen LogP contribution in [0.1, 0.15) is 0 Å². The average molecular weight is 385 g/mol. The number of benzene rings is 1. The molecule has 1 rings (SSSR count). The van der Waals surface area contributed by atoms with Crippen LogP contribution in [-0.2, 0) is 4.79 Å². The highest BCUT2D eigenvalue weighted by Crippen LogP contribution is 2.59. The van der Waals surface area contributed by atoms with E-state index in [0.29, 0.717) is 12.1 Å². The van der Waals surface area contributed by atoms with Crippen LogP contribution in [0.15, 0.2) is 24.3 Å². The summed E-state index contributed by atoms with van der Waals surface area (Å²) in [5.74, 6) is -3.47. The molecule has 2 N–H and O–H groups in total. The molecule has 0 aromatic heterocycles. The first-order valence-electron chi connectivity index (χ1n) is 5.83. The Bertz CT molecular complexity index is 601. The lowest BCUT2D eigenvalue weighted by Crippen LogP contribution is -2.65. The van der Waals surface area contributed by atoms with E-state index in [1.807, 2.05) is 0 Å². The monoisotopic (exact) mass is 385 g/mol. The molecule has 1 aromatic carbocycles. The van der Waals surface area contributed by atoms with Crippen LogP contribution in [0.4, 0.5) is 50.9 Å². The molecule has 0 aliphatic carbocycles. The minimum atomic E-state index is -7.06. The molecule has 0 aliphatic rings. The molecule has 25 heavy (non-hydrogen) atoms. The largest absolute Gasteiger partial charge is 0.733 e. The van der Waals surface area contributed by atoms with Crippen molar-refractivity contribution in [2.75, 3.05) is 10.5 Å². The van der Waals surface area contributed by atoms with Gasteiger partial charge in [0.1, 0.15) is 0 Å². The lowest BCUT2D eigenvalue weighted by atomic mass is 9.84. The molecule has 0 atom stereocenters. The summed E-state index contributed by atoms with van der Waals surface area (Å²) in [6, 6.07) is 2.56. The van der Waals surface area contributed by atoms with Gasteiger partial charge in [0.25, 0.3) is 5.91 Å². The number of amides is 1. The molecular formula is C11H6F9N2O3-. The number of rotatable bonds is 3. The Morgan fingerprint density at radius 3 is 1.76 bits per heavy atom. The first-order chi connectivity index (χ1) is 11.1. The number of hydrogen-bond donors (Lipinski definition) is 2. The Morgan fingerprint density at radius 2 is 1.40 bits per heavy atom. The van der Waals surface area contributed by atoms with Crippen molar-refractivity contribution in [1.29, 1.82) is 0 Å². The maximum absolute atomic E-state index is 12.7. The summed E-state index contributed by atoms with van der Waals surface area (Å²) in [5, 5.41) is 19.1. The highest BCUT2D eigenvalue weighted by Gasteiger charge is 2.88. The lowest BCUT2D eigenvalue weighted by molar-refractivity contribution is -0.405. The van der Waals surface area contributed by atoms with Crippen molar-refractivity contribution >= 4 is 17.3 Å². The van der Waals surface area contributed by atoms with Gasteiger partial charge in [0.2, 0.25) is 0 Å². The molecule has 0 radical (unpaired) electrons. The van der Waals surface area contributed by atoms with Gasteiger partial charge < -0.3 is 15.8 Å². The fourth-order valence-electron chi connectivity index (χ4n) is 1.80. The van der Waals surface area contributed by atoms with E-state index in [1.165, 1.54) is 0 Å². The van der Waals surface area contributed by atoms with Crippen molar-refractivity contribution in [3.8, 4) is 0 Å². The molecule has 1 amide bonds. The fraction of sp³-hybridized carbons (Fsp3) is 0.364. The third-order valence-electron chi connectivity index (χ3n) is 2.94. The lowest BCUT2D eigenvalue weighted by Gasteiger charge is -2.37. The number of carbonyl (C=O) groups excluding carboxylic acids is 1. The van der Waals surface area contributed by atoms with Crippen LogP contribution < -0.4 is 10.5 Å². The second-order valence-corrected chi connectivity index (χ2v) is 4.52. The number of hydrogen-bond acceptors (Lipinski definition) is 4. The van der Waals surface area contributed by atoms with Gasteiger partial charge in [0.15, 0.2) is 0 Å². The van der Waals surface area contributed by atoms with Gasteiger partial charge in [-0.1, -0.05) is 6.07 Å². The predicted octanol–water partition coefficient (Wildman–Crippen LogP) is 3.99. The van der Waals surface area contributed by atoms with Crippen LogP contribution in [-0.4, -0.2) is 29.6 Å². The Morgan fingerprint density at radius 1 is 0.960 bits per heavy atom. The quantitative estimate of drug-likeness (QED) is 0.610. The van der Waals surface area contributed by atoms with Gasteiger partial charge in [0, 0.05) is 5.69 Å². The summed E-state index contributed by atoms with van der Waals surface area (Å²) in [7, 11) is 0. The summed E-state index contributed by atoms with van der Waals surface area (Å²) in [4.78, 5) is 11.4. The van der Waals surface area contributed by atoms with Crippen molar-refractivity contribution in [1.82, 2.24) is 0 Å². The highest BCUT2D eigenvalue weighted by atomic mass is 19.4. The summed E-state index contributed by atoms with van der Waals surface area (Å²) < 4.78 is 115. The summed E-state index contributed by atoms with van der Waals surface area (Å²) in [5.41, 5.74) is -8.48. The maximum atomic E-state index is 12.7. The topological polar surface area (TPSA) is 75.6 Å². The van der Waals surface area contributed by atoms with Crippen LogP contribution in [0.5, 0.6) is 0 Å². The second kappa shape index (κ2) is 6.25. The molecule has 5 nitrogen and oxygen atoms in total. The molecule has 14 heteroatoms. The molecule has 0 fully saturated rings. The molecule has 0 bridgehead atoms. The van der Waals surface area contributed by atoms with Crippen LogP contribution >= 0.6 is 0 Å². The summed E-state index contributed by atoms with van der Waals surface area (Å²) in [6.45, 7) is 0. The van der Waals surface area contributed by atoms with Gasteiger partial charge in [0.05, 0.1) is 5.69 Å². The number of halogens is 9. The number of alkyl halides is 9. The zero-order chi connectivity index (χ0) is 19.8. The molecular weight excluding hydrogens is 379 g/mol. The third-order valence-corrected chi connectivity index (χ3v) is 2.94. The highest BCUT2D eigenvalue weighted by molar-refractivity contribution is 5.97. The molecule has 0 aliphatic heterocycles. The summed E-state index contributed by atoms with van der Waals surface area (Å²) >= 11 is 0. The maximum Gasteiger partial charge on any atom is 0.421 e. The van der Waals surface area contributed by atoms with E-state index in [1.54, 1.807) is 0 Å². The molecule has 0 heterocycles. The Balaban J connectivity index is 3.47. The SMILES string of the molecule is O=C(Nc1cccc(N([O-])O)c1)C(C(F)(F)F)(C(F)(F)F)C(F)(F)F. The zero-order valence-corrected chi connectivity index (χ0v) is 11.4. The minimum Gasteiger partial charge on any atom is -0.733 e. The Hall–Kier alpha value is -2.22. The standard InChI is InChI=1S/C11H6F9N2O3/c12-9(13,14)8(10(15,16)17,11(18,19)20)7(23)21-5-2-1-3-6(4-5)22(24)25/h1-4,24H,(H,21,23)/q-1. The van der Waals surface area contributed by atoms with Crippen LogP contribution in [0, 0.1) is 10.6 Å². The van der Waals surface area contributed by atoms with E-state index >= 15 is 0 Å². The van der Waals surface area contributed by atoms with Crippen molar-refractivity contribution in [2.24, 2.45) is 5.41 Å². The van der Waals surface area contributed by atoms with Gasteiger partial charge in [-0.25, -0.2) is 0 Å². The van der Waals surface area contributed by atoms with Gasteiger partial charge >= 0.3 is 23.9 Å². The minimum absolute atomic E-state index is 0.360. The van der Waals surface area contributed by atoms with Crippen LogP contribution in [0.2, 0.25) is 0 Å². The van der Waals surface area contributed by atoms with E-state index in [-0.39, 0.29) is 0 Å². The summed E-state index contributed by atoms with van der Waals surface area (Å²) in [6.07, 6.45) is -21.2. The van der Waals surface area contributed by atoms with Crippen molar-refractivity contribution in [2.45, 2.75) is 18.5 Å². The number of anilines is 2. The predicted molar refractivity (Wildman–Crippen MR) is 63.3 cm³/mol. The van der Waals surface area contributed by atoms with Gasteiger partial charge in [-0.3, -0.25) is 10.0 Å². The van der Waals surface area contributed by atoms with Crippen LogP contribution in [0.3, 0.4) is 0 Å². The van der Waals surface area contributed by atoms with Crippen molar-refractivity contribution in [3.05, 3.63) is 29.5 Å². The number of nitrogens with zero attached hydrogens (tertiary/aromatic N) is 1. The van der Waals surface area contributed by atoms with E-state index in [4.69, 9.17) is 5.21 Å². The normalized spacial score (nSPS) is 13.6. The molecule has 0 spiro atoms. The molecule has 0 unspecified atom stereocenters. The first kappa shape index (κ1) is 20.8. The van der Waals surface area contributed by atoms with Gasteiger partial charge in [-0.05, 0) is 18.2 Å². The Labute approximate surface area is 132 Å². The molecule has 0 saturated heterocycles. The molecule has 1 aromatic rings. The number of nitrogens with one attached hydrogen (secondary N) is 1. The zero-order valence-electron chi connectivity index (χ0n) is 11.4. The molecule has 142 valence electrons. The van der Waals surface area contributed by atoms with Gasteiger partial charge in [-0.2, -0.15) is 39.5 Å². The third kappa shape index (κ3) is 3.58. The van der Waals surface area contributed by atoms with E-state index in [0.717, 1.165) is 17.4 Å². The van der Waals surface area contributed by atoms with Gasteiger partial charge in [-0.15, -0.1) is 0 Å². The first-order valence-corrected chi connectivity index (χ1v) is 5.83. The smallest absolute Gasteiger partial charge is 0.421 e. The fourth-order valence-corrected chi connectivity index (χ4v) is 1.80. The second-order valence-electron chi connectivity index (χ2n) is 4.52. The van der Waals surface area contributed by atoms with E-state index in [9.17, 15) is 49.5 Å². The molecule has 0 saturated carbocycles. The number of carbonyl (C=O) groups is 1. The van der Waals surface area contributed by atoms with Crippen molar-refractivity contribution in [3.63, 3.8) is 0 Å². The van der Waals surface area contributed by atoms with E-state index < -0.39 is 46.5 Å². The van der Waals surface area contributed by atoms with Crippen molar-refractivity contribution < 1.29 is 49.5 Å². The average Bonchev–Trinajstić information content (AvgIpc) is 2.33. The van der Waals surface area contributed by atoms with Crippen LogP contribution in [0.25, 0.3) is 0 Å². The van der Waals surface area contributed by atoms with E-state index in [2.05, 4.69) is 0 Å².